The molecule has 0 unspecified atom stereocenters. The second-order valence-corrected chi connectivity index (χ2v) is 12.5. The third-order valence-corrected chi connectivity index (χ3v) is 8.65. The number of carboxylic acid groups (broad SMARTS) is 1. The lowest BCUT2D eigenvalue weighted by molar-refractivity contribution is -0.132. The van der Waals surface area contributed by atoms with Crippen LogP contribution in [-0.2, 0) is 17.8 Å². The molecule has 1 N–H and O–H groups in total. The van der Waals surface area contributed by atoms with E-state index in [2.05, 4.69) is 40.8 Å². The molecule has 244 valence electrons. The quantitative estimate of drug-likeness (QED) is 0.162. The van der Waals surface area contributed by atoms with Crippen LogP contribution >= 0.6 is 0 Å². The molecule has 2 aromatic heterocycles. The Hall–Kier alpha value is -5.34. The Morgan fingerprint density at radius 2 is 1.58 bits per heavy atom. The first-order chi connectivity index (χ1) is 23.3. The van der Waals surface area contributed by atoms with Gasteiger partial charge in [-0.2, -0.15) is 0 Å². The first-order valence-electron chi connectivity index (χ1n) is 16.3. The average Bonchev–Trinajstić information content (AvgIpc) is 3.09. The van der Waals surface area contributed by atoms with Gasteiger partial charge >= 0.3 is 5.97 Å². The van der Waals surface area contributed by atoms with E-state index < -0.39 is 5.97 Å². The van der Waals surface area contributed by atoms with Crippen molar-refractivity contribution in [2.24, 2.45) is 4.99 Å². The van der Waals surface area contributed by atoms with E-state index in [1.165, 1.54) is 0 Å². The monoisotopic (exact) mass is 639 g/mol. The predicted molar refractivity (Wildman–Crippen MR) is 192 cm³/mol. The number of rotatable bonds is 11. The van der Waals surface area contributed by atoms with Crippen LogP contribution in [0.4, 0.5) is 5.69 Å². The predicted octanol–water partition coefficient (Wildman–Crippen LogP) is 7.34. The summed E-state index contributed by atoms with van der Waals surface area (Å²) in [7, 11) is 3.98. The number of anilines is 1. The van der Waals surface area contributed by atoms with E-state index in [0.717, 1.165) is 58.1 Å². The zero-order valence-electron chi connectivity index (χ0n) is 27.9. The third-order valence-electron chi connectivity index (χ3n) is 8.65. The van der Waals surface area contributed by atoms with Crippen LogP contribution in [0.5, 0.6) is 11.5 Å². The molecule has 3 heterocycles. The van der Waals surface area contributed by atoms with E-state index in [1.54, 1.807) is 6.08 Å². The molecule has 0 amide bonds. The van der Waals surface area contributed by atoms with E-state index in [4.69, 9.17) is 9.73 Å². The molecule has 6 rings (SSSR count). The third kappa shape index (κ3) is 7.45. The van der Waals surface area contributed by atoms with Crippen molar-refractivity contribution < 1.29 is 14.6 Å². The number of pyridine rings is 2. The SMILES string of the molecule is CC(C)c1ccc2c(c1)Oc1cc(N(C)C)ccc1/C2=C1/C=CC(=NCCN(CCc2ccccn2)Cc2ccccn2)C=C1C(=O)O. The molecular formula is C40H41N5O3. The van der Waals surface area contributed by atoms with E-state index in [-0.39, 0.29) is 5.57 Å². The van der Waals surface area contributed by atoms with Crippen LogP contribution in [0.25, 0.3) is 5.57 Å². The van der Waals surface area contributed by atoms with Crippen LogP contribution < -0.4 is 9.64 Å². The number of aliphatic imine (C=N–C) groups is 1. The highest BCUT2D eigenvalue weighted by molar-refractivity contribution is 6.15. The fourth-order valence-corrected chi connectivity index (χ4v) is 5.98. The molecule has 1 aliphatic carbocycles. The molecule has 2 aliphatic rings. The van der Waals surface area contributed by atoms with Gasteiger partial charge in [-0.15, -0.1) is 0 Å². The summed E-state index contributed by atoms with van der Waals surface area (Å²) < 4.78 is 6.47. The molecule has 1 aliphatic heterocycles. The van der Waals surface area contributed by atoms with Crippen LogP contribution in [0.15, 0.2) is 120 Å². The maximum atomic E-state index is 12.8. The molecule has 0 bridgehead atoms. The second kappa shape index (κ2) is 14.6. The fraction of sp³-hybridized carbons (Fsp3) is 0.250. The van der Waals surface area contributed by atoms with Crippen molar-refractivity contribution in [3.05, 3.63) is 143 Å². The Labute approximate surface area is 282 Å². The molecule has 2 aromatic carbocycles. The van der Waals surface area contributed by atoms with E-state index >= 15 is 0 Å². The van der Waals surface area contributed by atoms with Crippen LogP contribution in [0.1, 0.15) is 47.8 Å². The van der Waals surface area contributed by atoms with Gasteiger partial charge in [0.1, 0.15) is 11.5 Å². The molecule has 0 saturated carbocycles. The summed E-state index contributed by atoms with van der Waals surface area (Å²) in [5.74, 6) is 0.749. The minimum Gasteiger partial charge on any atom is -0.478 e. The van der Waals surface area contributed by atoms with Crippen molar-refractivity contribution in [2.75, 3.05) is 38.6 Å². The number of hydrogen-bond acceptors (Lipinski definition) is 7. The van der Waals surface area contributed by atoms with E-state index in [1.807, 2.05) is 104 Å². The number of aliphatic carboxylic acids is 1. The summed E-state index contributed by atoms with van der Waals surface area (Å²) in [4.78, 5) is 31.0. The lowest BCUT2D eigenvalue weighted by atomic mass is 9.84. The topological polar surface area (TPSA) is 91.2 Å². The molecule has 8 nitrogen and oxygen atoms in total. The van der Waals surface area contributed by atoms with Crippen LogP contribution in [0, 0.1) is 0 Å². The first kappa shape index (κ1) is 32.6. The van der Waals surface area contributed by atoms with Crippen LogP contribution in [-0.4, -0.2) is 65.4 Å². The highest BCUT2D eigenvalue weighted by atomic mass is 16.5. The van der Waals surface area contributed by atoms with Gasteiger partial charge in [-0.05, 0) is 71.7 Å². The number of nitrogens with zero attached hydrogens (tertiary/aromatic N) is 5. The highest BCUT2D eigenvalue weighted by Gasteiger charge is 2.29. The summed E-state index contributed by atoms with van der Waals surface area (Å²) in [5.41, 5.74) is 8.22. The molecule has 0 atom stereocenters. The maximum Gasteiger partial charge on any atom is 0.336 e. The minimum atomic E-state index is -1.00. The zero-order valence-corrected chi connectivity index (χ0v) is 27.9. The standard InChI is InChI=1S/C40H41N5O3/c1-27(2)28-11-14-34-37(23-28)48-38-25-32(44(3)4)13-16-35(38)39(34)33-15-12-30(24-36(33)40(46)47)43-20-22-45(26-31-10-6-8-19-42-31)21-17-29-9-5-7-18-41-29/h5-16,18-19,23-25,27H,17,20-22,26H2,1-4H3,(H,46,47)/b39-33-,43-30?. The molecular weight excluding hydrogens is 598 g/mol. The summed E-state index contributed by atoms with van der Waals surface area (Å²) in [6, 6.07) is 24.2. The van der Waals surface area contributed by atoms with Gasteiger partial charge in [0.25, 0.3) is 0 Å². The summed E-state index contributed by atoms with van der Waals surface area (Å²) in [5, 5.41) is 10.5. The average molecular weight is 640 g/mol. The lowest BCUT2D eigenvalue weighted by Gasteiger charge is -2.28. The molecule has 0 saturated heterocycles. The van der Waals surface area contributed by atoms with Gasteiger partial charge in [-0.3, -0.25) is 19.9 Å². The smallest absolute Gasteiger partial charge is 0.336 e. The van der Waals surface area contributed by atoms with Gasteiger partial charge in [-0.1, -0.05) is 44.2 Å². The largest absolute Gasteiger partial charge is 0.478 e. The van der Waals surface area contributed by atoms with Gasteiger partial charge in [0, 0.05) is 86.7 Å². The zero-order chi connectivity index (χ0) is 33.6. The molecule has 48 heavy (non-hydrogen) atoms. The van der Waals surface area contributed by atoms with Crippen molar-refractivity contribution >= 4 is 22.9 Å². The van der Waals surface area contributed by atoms with Crippen molar-refractivity contribution in [2.45, 2.75) is 32.7 Å². The number of allylic oxidation sites excluding steroid dienone is 3. The van der Waals surface area contributed by atoms with Gasteiger partial charge in [0.2, 0.25) is 0 Å². The Morgan fingerprint density at radius 3 is 2.25 bits per heavy atom. The molecule has 0 spiro atoms. The molecule has 0 fully saturated rings. The van der Waals surface area contributed by atoms with E-state index in [9.17, 15) is 9.90 Å². The summed E-state index contributed by atoms with van der Waals surface area (Å²) in [6.45, 7) is 6.99. The number of aromatic nitrogens is 2. The lowest BCUT2D eigenvalue weighted by Crippen LogP contribution is -2.29. The summed E-state index contributed by atoms with van der Waals surface area (Å²) >= 11 is 0. The number of carbonyl (C=O) groups is 1. The second-order valence-electron chi connectivity index (χ2n) is 12.5. The van der Waals surface area contributed by atoms with Crippen molar-refractivity contribution in [3.8, 4) is 11.5 Å². The molecule has 4 aromatic rings. The number of ether oxygens (including phenoxy) is 1. The normalized spacial score (nSPS) is 16.0. The maximum absolute atomic E-state index is 12.8. The van der Waals surface area contributed by atoms with Crippen molar-refractivity contribution in [3.63, 3.8) is 0 Å². The summed E-state index contributed by atoms with van der Waals surface area (Å²) in [6.07, 6.45) is 9.93. The van der Waals surface area contributed by atoms with E-state index in [0.29, 0.717) is 42.6 Å². The van der Waals surface area contributed by atoms with Crippen molar-refractivity contribution in [1.82, 2.24) is 14.9 Å². The Balaban J connectivity index is 1.30. The van der Waals surface area contributed by atoms with Crippen LogP contribution in [0.3, 0.4) is 0 Å². The first-order valence-corrected chi connectivity index (χ1v) is 16.3. The molecule has 8 heteroatoms. The molecule has 0 radical (unpaired) electrons. The Bertz CT molecular complexity index is 1850. The fourth-order valence-electron chi connectivity index (χ4n) is 5.98. The van der Waals surface area contributed by atoms with Gasteiger partial charge in [-0.25, -0.2) is 4.79 Å². The highest BCUT2D eigenvalue weighted by Crippen LogP contribution is 2.48. The minimum absolute atomic E-state index is 0.204. The number of carboxylic acids is 1. The van der Waals surface area contributed by atoms with Crippen molar-refractivity contribution in [1.29, 1.82) is 0 Å². The number of hydrogen-bond donors (Lipinski definition) is 1. The van der Waals surface area contributed by atoms with Gasteiger partial charge in [0.15, 0.2) is 0 Å². The number of fused-ring (bicyclic) bond motifs is 2. The number of benzene rings is 2. The Morgan fingerprint density at radius 1 is 0.875 bits per heavy atom. The van der Waals surface area contributed by atoms with Gasteiger partial charge < -0.3 is 14.7 Å². The Kier molecular flexibility index (Phi) is 9.92. The van der Waals surface area contributed by atoms with Crippen LogP contribution in [0.2, 0.25) is 0 Å². The van der Waals surface area contributed by atoms with Gasteiger partial charge in [0.05, 0.1) is 23.5 Å².